The van der Waals surface area contributed by atoms with Gasteiger partial charge in [0.2, 0.25) is 5.71 Å². The normalized spacial score (nSPS) is 17.1. The smallest absolute Gasteiger partial charge is 0.265 e. The number of nitrogens with zero attached hydrogens (tertiary/aromatic N) is 2. The van der Waals surface area contributed by atoms with Gasteiger partial charge in [-0.05, 0) is 25.7 Å². The van der Waals surface area contributed by atoms with E-state index in [1.165, 1.54) is 30.2 Å². The van der Waals surface area contributed by atoms with Crippen molar-refractivity contribution >= 4 is 17.0 Å². The molecule has 2 aromatic rings. The molecule has 24 heavy (non-hydrogen) atoms. The molecule has 1 fully saturated rings. The van der Waals surface area contributed by atoms with E-state index in [1.54, 1.807) is 14.0 Å². The van der Waals surface area contributed by atoms with Crippen LogP contribution in [0.25, 0.3) is 11.1 Å². The van der Waals surface area contributed by atoms with Crippen LogP contribution in [-0.2, 0) is 7.05 Å². The maximum atomic E-state index is 12.8. The highest BCUT2D eigenvalue weighted by molar-refractivity contribution is 6.06. The van der Waals surface area contributed by atoms with Crippen LogP contribution in [-0.4, -0.2) is 28.0 Å². The quantitative estimate of drug-likeness (QED) is 0.882. The van der Waals surface area contributed by atoms with Crippen LogP contribution in [0, 0.1) is 12.8 Å². The highest BCUT2D eigenvalue weighted by Crippen LogP contribution is 2.27. The summed E-state index contributed by atoms with van der Waals surface area (Å²) in [5.74, 6) is 0.488. The van der Waals surface area contributed by atoms with Gasteiger partial charge in [0.1, 0.15) is 17.5 Å². The van der Waals surface area contributed by atoms with Crippen LogP contribution in [0.4, 0.5) is 0 Å². The summed E-state index contributed by atoms with van der Waals surface area (Å²) < 4.78 is 6.84. The van der Waals surface area contributed by atoms with E-state index >= 15 is 0 Å². The molecule has 7 heteroatoms. The molecule has 2 aromatic heterocycles. The summed E-state index contributed by atoms with van der Waals surface area (Å²) in [6.07, 6.45) is 7.15. The molecular weight excluding hydrogens is 308 g/mol. The second kappa shape index (κ2) is 6.76. The summed E-state index contributed by atoms with van der Waals surface area (Å²) in [6, 6.07) is -0.0809. The highest BCUT2D eigenvalue weighted by atomic mass is 16.3. The number of hydrogen-bond donors (Lipinski definition) is 2. The van der Waals surface area contributed by atoms with Crippen LogP contribution in [0.3, 0.4) is 0 Å². The molecule has 1 aliphatic rings. The third-order valence-corrected chi connectivity index (χ3v) is 4.96. The van der Waals surface area contributed by atoms with Crippen LogP contribution < -0.4 is 16.6 Å². The van der Waals surface area contributed by atoms with E-state index in [4.69, 9.17) is 10.2 Å². The van der Waals surface area contributed by atoms with E-state index in [0.29, 0.717) is 18.2 Å². The molecule has 1 aliphatic carbocycles. The van der Waals surface area contributed by atoms with Gasteiger partial charge in [-0.15, -0.1) is 0 Å². The molecule has 7 nitrogen and oxygen atoms in total. The first-order valence-electron chi connectivity index (χ1n) is 8.48. The minimum absolute atomic E-state index is 0.0809. The standard InChI is InChI=1S/C17H24N4O3/c1-10-13(14-16(24-10)19-9-21(2)17(14)23)15(22)20-12(8-18)11-6-4-3-5-7-11/h9,11-12H,3-8,18H2,1-2H3,(H,20,22). The van der Waals surface area contributed by atoms with E-state index < -0.39 is 0 Å². The topological polar surface area (TPSA) is 103 Å². The van der Waals surface area contributed by atoms with Crippen molar-refractivity contribution in [2.45, 2.75) is 45.1 Å². The lowest BCUT2D eigenvalue weighted by atomic mass is 9.84. The summed E-state index contributed by atoms with van der Waals surface area (Å²) in [5.41, 5.74) is 6.07. The lowest BCUT2D eigenvalue weighted by Gasteiger charge is -2.30. The SMILES string of the molecule is Cc1oc2ncn(C)c(=O)c2c1C(=O)NC(CN)C1CCCCC1. The number of carbonyl (C=O) groups excluding carboxylic acids is 1. The van der Waals surface area contributed by atoms with Crippen molar-refractivity contribution in [3.63, 3.8) is 0 Å². The van der Waals surface area contributed by atoms with Crippen molar-refractivity contribution in [2.24, 2.45) is 18.7 Å². The Labute approximate surface area is 140 Å². The predicted molar refractivity (Wildman–Crippen MR) is 90.9 cm³/mol. The van der Waals surface area contributed by atoms with Crippen molar-refractivity contribution in [2.75, 3.05) is 6.54 Å². The molecule has 1 amide bonds. The zero-order valence-electron chi connectivity index (χ0n) is 14.2. The Hall–Kier alpha value is -2.15. The summed E-state index contributed by atoms with van der Waals surface area (Å²) in [7, 11) is 1.60. The number of nitrogens with two attached hydrogens (primary N) is 1. The van der Waals surface area contributed by atoms with Gasteiger partial charge in [0.15, 0.2) is 0 Å². The number of carbonyl (C=O) groups is 1. The molecule has 0 spiro atoms. The third kappa shape index (κ3) is 2.96. The van der Waals surface area contributed by atoms with Crippen LogP contribution in [0.1, 0.15) is 48.2 Å². The number of aryl methyl sites for hydroxylation is 2. The van der Waals surface area contributed by atoms with Crippen molar-refractivity contribution in [3.05, 3.63) is 28.0 Å². The molecule has 0 aliphatic heterocycles. The fourth-order valence-electron chi connectivity index (χ4n) is 3.61. The average molecular weight is 332 g/mol. The summed E-state index contributed by atoms with van der Waals surface area (Å²) in [6.45, 7) is 2.07. The number of nitrogens with one attached hydrogen (secondary N) is 1. The van der Waals surface area contributed by atoms with Gasteiger partial charge < -0.3 is 20.0 Å². The van der Waals surface area contributed by atoms with Gasteiger partial charge in [0, 0.05) is 19.6 Å². The first-order valence-corrected chi connectivity index (χ1v) is 8.48. The Morgan fingerprint density at radius 2 is 2.17 bits per heavy atom. The summed E-state index contributed by atoms with van der Waals surface area (Å²) >= 11 is 0. The van der Waals surface area contributed by atoms with Gasteiger partial charge >= 0.3 is 0 Å². The van der Waals surface area contributed by atoms with Crippen molar-refractivity contribution in [1.82, 2.24) is 14.9 Å². The van der Waals surface area contributed by atoms with E-state index in [1.807, 2.05) is 0 Å². The molecule has 3 rings (SSSR count). The summed E-state index contributed by atoms with van der Waals surface area (Å²) in [5, 5.41) is 3.25. The van der Waals surface area contributed by atoms with Gasteiger partial charge in [-0.2, -0.15) is 0 Å². The Kier molecular flexibility index (Phi) is 4.71. The van der Waals surface area contributed by atoms with E-state index in [-0.39, 0.29) is 34.2 Å². The van der Waals surface area contributed by atoms with Gasteiger partial charge in [0.05, 0.1) is 5.56 Å². The molecule has 1 unspecified atom stereocenters. The second-order valence-electron chi connectivity index (χ2n) is 6.59. The molecule has 0 radical (unpaired) electrons. The number of rotatable bonds is 4. The lowest BCUT2D eigenvalue weighted by molar-refractivity contribution is 0.0915. The van der Waals surface area contributed by atoms with Crippen LogP contribution in [0.2, 0.25) is 0 Å². The molecular formula is C17H24N4O3. The van der Waals surface area contributed by atoms with Crippen molar-refractivity contribution < 1.29 is 9.21 Å². The molecule has 0 bridgehead atoms. The number of furan rings is 1. The third-order valence-electron chi connectivity index (χ3n) is 4.96. The average Bonchev–Trinajstić information content (AvgIpc) is 2.93. The Bertz CT molecular complexity index is 802. The van der Waals surface area contributed by atoms with Crippen LogP contribution in [0.15, 0.2) is 15.5 Å². The highest BCUT2D eigenvalue weighted by Gasteiger charge is 2.28. The van der Waals surface area contributed by atoms with E-state index in [9.17, 15) is 9.59 Å². The van der Waals surface area contributed by atoms with Gasteiger partial charge in [-0.3, -0.25) is 9.59 Å². The fourth-order valence-corrected chi connectivity index (χ4v) is 3.61. The maximum Gasteiger partial charge on any atom is 0.265 e. The number of fused-ring (bicyclic) bond motifs is 1. The maximum absolute atomic E-state index is 12.8. The van der Waals surface area contributed by atoms with Gasteiger partial charge in [-0.25, -0.2) is 4.98 Å². The van der Waals surface area contributed by atoms with Gasteiger partial charge in [-0.1, -0.05) is 19.3 Å². The molecule has 2 heterocycles. The lowest BCUT2D eigenvalue weighted by Crippen LogP contribution is -2.46. The number of amides is 1. The van der Waals surface area contributed by atoms with Gasteiger partial charge in [0.25, 0.3) is 11.5 Å². The van der Waals surface area contributed by atoms with E-state index in [0.717, 1.165) is 12.8 Å². The first-order chi connectivity index (χ1) is 11.5. The first kappa shape index (κ1) is 16.7. The largest absolute Gasteiger partial charge is 0.442 e. The fraction of sp³-hybridized carbons (Fsp3) is 0.588. The molecule has 0 saturated heterocycles. The van der Waals surface area contributed by atoms with E-state index in [2.05, 4.69) is 10.3 Å². The summed E-state index contributed by atoms with van der Waals surface area (Å²) in [4.78, 5) is 29.3. The second-order valence-corrected chi connectivity index (χ2v) is 6.59. The van der Waals surface area contributed by atoms with Crippen molar-refractivity contribution in [3.8, 4) is 0 Å². The Morgan fingerprint density at radius 1 is 1.46 bits per heavy atom. The predicted octanol–water partition coefficient (Wildman–Crippen LogP) is 1.47. The number of hydrogen-bond acceptors (Lipinski definition) is 5. The molecule has 130 valence electrons. The Balaban J connectivity index is 1.92. The monoisotopic (exact) mass is 332 g/mol. The molecule has 3 N–H and O–H groups in total. The zero-order chi connectivity index (χ0) is 17.3. The molecule has 1 saturated carbocycles. The molecule has 1 atom stereocenters. The number of aromatic nitrogens is 2. The molecule has 0 aromatic carbocycles. The Morgan fingerprint density at radius 3 is 2.83 bits per heavy atom. The minimum Gasteiger partial charge on any atom is -0.442 e. The van der Waals surface area contributed by atoms with Crippen LogP contribution in [0.5, 0.6) is 0 Å². The van der Waals surface area contributed by atoms with Crippen LogP contribution >= 0.6 is 0 Å². The zero-order valence-corrected chi connectivity index (χ0v) is 14.2. The minimum atomic E-state index is -0.308. The van der Waals surface area contributed by atoms with Crippen molar-refractivity contribution in [1.29, 1.82) is 0 Å².